The lowest BCUT2D eigenvalue weighted by Gasteiger charge is -2.10. The second-order valence-corrected chi connectivity index (χ2v) is 5.45. The topological polar surface area (TPSA) is 96.2 Å². The normalized spacial score (nSPS) is 12.1. The Morgan fingerprint density at radius 2 is 1.64 bits per heavy atom. The number of phenols is 2. The molecule has 0 amide bonds. The van der Waals surface area contributed by atoms with E-state index < -0.39 is 11.9 Å². The summed E-state index contributed by atoms with van der Waals surface area (Å²) in [5.74, 6) is -1.08. The van der Waals surface area contributed by atoms with Gasteiger partial charge in [-0.3, -0.25) is 4.79 Å². The number of rotatable bonds is 7. The molecule has 2 aromatic rings. The highest BCUT2D eigenvalue weighted by Crippen LogP contribution is 2.29. The highest BCUT2D eigenvalue weighted by Gasteiger charge is 2.16. The fourth-order valence-electron chi connectivity index (χ4n) is 2.37. The molecular formula is C19H20O6. The smallest absolute Gasteiger partial charge is 0.310 e. The molecule has 132 valence electrons. The fraction of sp³-hybridized carbons (Fsp3) is 0.211. The SMILES string of the molecule is COc1cc(/C=C/C(Cc2ccc(O)c(OC)c2)C(=O)O)ccc1O. The number of carboxylic acid groups (broad SMARTS) is 1. The van der Waals surface area contributed by atoms with Gasteiger partial charge >= 0.3 is 5.97 Å². The van der Waals surface area contributed by atoms with E-state index in [0.29, 0.717) is 17.1 Å². The first-order valence-electron chi connectivity index (χ1n) is 7.58. The van der Waals surface area contributed by atoms with Crippen molar-refractivity contribution < 1.29 is 29.6 Å². The zero-order valence-electron chi connectivity index (χ0n) is 14.0. The van der Waals surface area contributed by atoms with Crippen LogP contribution in [0.3, 0.4) is 0 Å². The third-order valence-corrected chi connectivity index (χ3v) is 3.74. The van der Waals surface area contributed by atoms with Gasteiger partial charge in [0.05, 0.1) is 20.1 Å². The first-order valence-corrected chi connectivity index (χ1v) is 7.58. The third-order valence-electron chi connectivity index (χ3n) is 3.74. The van der Waals surface area contributed by atoms with Gasteiger partial charge in [0.2, 0.25) is 0 Å². The molecular weight excluding hydrogens is 324 g/mol. The van der Waals surface area contributed by atoms with E-state index in [-0.39, 0.29) is 17.9 Å². The van der Waals surface area contributed by atoms with Gasteiger partial charge in [0.15, 0.2) is 23.0 Å². The number of ether oxygens (including phenoxy) is 2. The molecule has 0 saturated carbocycles. The van der Waals surface area contributed by atoms with Gasteiger partial charge < -0.3 is 24.8 Å². The summed E-state index contributed by atoms with van der Waals surface area (Å²) in [5, 5.41) is 28.6. The van der Waals surface area contributed by atoms with Gasteiger partial charge in [0.25, 0.3) is 0 Å². The maximum absolute atomic E-state index is 11.5. The van der Waals surface area contributed by atoms with Crippen LogP contribution in [0.2, 0.25) is 0 Å². The summed E-state index contributed by atoms with van der Waals surface area (Å²) in [5.41, 5.74) is 1.44. The standard InChI is InChI=1S/C19H20O6/c1-24-17-10-12(4-7-15(17)20)3-6-14(19(22)23)9-13-5-8-16(21)18(11-13)25-2/h3-8,10-11,14,20-21H,9H2,1-2H3,(H,22,23)/b6-3+. The largest absolute Gasteiger partial charge is 0.504 e. The molecule has 25 heavy (non-hydrogen) atoms. The Balaban J connectivity index is 2.20. The number of phenolic OH excluding ortho intramolecular Hbond substituents is 2. The molecule has 6 nitrogen and oxygen atoms in total. The summed E-state index contributed by atoms with van der Waals surface area (Å²) in [7, 11) is 2.88. The van der Waals surface area contributed by atoms with E-state index in [0.717, 1.165) is 5.56 Å². The molecule has 0 aliphatic carbocycles. The maximum Gasteiger partial charge on any atom is 0.310 e. The molecule has 0 saturated heterocycles. The van der Waals surface area contributed by atoms with Crippen LogP contribution in [0.25, 0.3) is 6.08 Å². The Hall–Kier alpha value is -3.15. The zero-order chi connectivity index (χ0) is 18.4. The van der Waals surface area contributed by atoms with Gasteiger partial charge in [0, 0.05) is 0 Å². The molecule has 3 N–H and O–H groups in total. The van der Waals surface area contributed by atoms with Crippen LogP contribution in [0.5, 0.6) is 23.0 Å². The number of methoxy groups -OCH3 is 2. The minimum atomic E-state index is -0.964. The van der Waals surface area contributed by atoms with Crippen molar-refractivity contribution in [3.05, 3.63) is 53.6 Å². The van der Waals surface area contributed by atoms with Crippen molar-refractivity contribution in [1.29, 1.82) is 0 Å². The van der Waals surface area contributed by atoms with E-state index in [1.165, 1.54) is 26.4 Å². The Morgan fingerprint density at radius 3 is 2.24 bits per heavy atom. The van der Waals surface area contributed by atoms with Crippen LogP contribution in [-0.4, -0.2) is 35.5 Å². The molecule has 0 fully saturated rings. The van der Waals surface area contributed by atoms with Crippen molar-refractivity contribution in [2.75, 3.05) is 14.2 Å². The van der Waals surface area contributed by atoms with Gasteiger partial charge in [-0.25, -0.2) is 0 Å². The summed E-state index contributed by atoms with van der Waals surface area (Å²) in [6.45, 7) is 0. The van der Waals surface area contributed by atoms with E-state index in [4.69, 9.17) is 9.47 Å². The molecule has 0 aromatic heterocycles. The van der Waals surface area contributed by atoms with Crippen LogP contribution in [0.1, 0.15) is 11.1 Å². The van der Waals surface area contributed by atoms with E-state index in [1.807, 2.05) is 0 Å². The van der Waals surface area contributed by atoms with Crippen LogP contribution < -0.4 is 9.47 Å². The van der Waals surface area contributed by atoms with Crippen LogP contribution in [0, 0.1) is 5.92 Å². The Morgan fingerprint density at radius 1 is 1.04 bits per heavy atom. The highest BCUT2D eigenvalue weighted by molar-refractivity contribution is 5.74. The number of hydrogen-bond donors (Lipinski definition) is 3. The summed E-state index contributed by atoms with van der Waals surface area (Å²) in [4.78, 5) is 11.5. The summed E-state index contributed by atoms with van der Waals surface area (Å²) in [6, 6.07) is 9.51. The van der Waals surface area contributed by atoms with Crippen molar-refractivity contribution in [3.8, 4) is 23.0 Å². The van der Waals surface area contributed by atoms with Crippen molar-refractivity contribution >= 4 is 12.0 Å². The minimum Gasteiger partial charge on any atom is -0.504 e. The van der Waals surface area contributed by atoms with Crippen molar-refractivity contribution in [1.82, 2.24) is 0 Å². The van der Waals surface area contributed by atoms with E-state index in [2.05, 4.69) is 0 Å². The first kappa shape index (κ1) is 18.2. The molecule has 0 heterocycles. The van der Waals surface area contributed by atoms with Gasteiger partial charge in [-0.05, 0) is 41.8 Å². The summed E-state index contributed by atoms with van der Waals surface area (Å²) < 4.78 is 10.1. The number of aliphatic carboxylic acids is 1. The zero-order valence-corrected chi connectivity index (χ0v) is 14.0. The van der Waals surface area contributed by atoms with E-state index in [9.17, 15) is 20.1 Å². The molecule has 0 spiro atoms. The third kappa shape index (κ3) is 4.67. The Bertz CT molecular complexity index is 781. The van der Waals surface area contributed by atoms with Gasteiger partial charge in [0.1, 0.15) is 0 Å². The van der Waals surface area contributed by atoms with Crippen molar-refractivity contribution in [2.45, 2.75) is 6.42 Å². The average Bonchev–Trinajstić information content (AvgIpc) is 2.60. The van der Waals surface area contributed by atoms with Gasteiger partial charge in [-0.15, -0.1) is 0 Å². The maximum atomic E-state index is 11.5. The second kappa shape index (κ2) is 8.10. The summed E-state index contributed by atoms with van der Waals surface area (Å²) in [6.07, 6.45) is 3.49. The monoisotopic (exact) mass is 344 g/mol. The van der Waals surface area contributed by atoms with Crippen LogP contribution in [0.4, 0.5) is 0 Å². The highest BCUT2D eigenvalue weighted by atomic mass is 16.5. The van der Waals surface area contributed by atoms with Crippen molar-refractivity contribution in [2.24, 2.45) is 5.92 Å². The second-order valence-electron chi connectivity index (χ2n) is 5.45. The number of carboxylic acids is 1. The molecule has 6 heteroatoms. The molecule has 2 rings (SSSR count). The fourth-order valence-corrected chi connectivity index (χ4v) is 2.37. The van der Waals surface area contributed by atoms with Gasteiger partial charge in [-0.2, -0.15) is 0 Å². The molecule has 0 radical (unpaired) electrons. The minimum absolute atomic E-state index is 0.00450. The lowest BCUT2D eigenvalue weighted by molar-refractivity contribution is -0.140. The molecule has 1 atom stereocenters. The van der Waals surface area contributed by atoms with Crippen LogP contribution >= 0.6 is 0 Å². The molecule has 0 bridgehead atoms. The van der Waals surface area contributed by atoms with Gasteiger partial charge in [-0.1, -0.05) is 24.3 Å². The summed E-state index contributed by atoms with van der Waals surface area (Å²) >= 11 is 0. The number of aromatic hydroxyl groups is 2. The predicted octanol–water partition coefficient (Wildman–Crippen LogP) is 3.07. The van der Waals surface area contributed by atoms with E-state index in [1.54, 1.807) is 36.4 Å². The molecule has 1 unspecified atom stereocenters. The van der Waals surface area contributed by atoms with Crippen LogP contribution in [0.15, 0.2) is 42.5 Å². The Labute approximate surface area is 145 Å². The van der Waals surface area contributed by atoms with E-state index >= 15 is 0 Å². The first-order chi connectivity index (χ1) is 11.9. The number of carbonyl (C=O) groups is 1. The molecule has 0 aliphatic rings. The predicted molar refractivity (Wildman–Crippen MR) is 93.2 cm³/mol. The average molecular weight is 344 g/mol. The number of hydrogen-bond acceptors (Lipinski definition) is 5. The van der Waals surface area contributed by atoms with Crippen molar-refractivity contribution in [3.63, 3.8) is 0 Å². The molecule has 2 aromatic carbocycles. The lowest BCUT2D eigenvalue weighted by atomic mass is 9.97. The van der Waals surface area contributed by atoms with Crippen LogP contribution in [-0.2, 0) is 11.2 Å². The Kier molecular flexibility index (Phi) is 5.89. The molecule has 0 aliphatic heterocycles. The quantitative estimate of drug-likeness (QED) is 0.714. The lowest BCUT2D eigenvalue weighted by Crippen LogP contribution is -2.13. The number of benzene rings is 2.